The van der Waals surface area contributed by atoms with E-state index in [0.29, 0.717) is 17.2 Å². The fourth-order valence-corrected chi connectivity index (χ4v) is 6.66. The first-order chi connectivity index (χ1) is 19.3. The molecule has 0 bridgehead atoms. The molecular formula is C36H28OP2. The third kappa shape index (κ3) is 6.35. The summed E-state index contributed by atoms with van der Waals surface area (Å²) in [5.74, 6) is 1.83. The van der Waals surface area contributed by atoms with Gasteiger partial charge in [0.15, 0.2) is 0 Å². The van der Waals surface area contributed by atoms with Gasteiger partial charge in [-0.05, 0) is 45.0 Å². The number of hydrogen-bond acceptors (Lipinski definition) is 1. The molecule has 0 aliphatic heterocycles. The molecule has 6 aromatic rings. The lowest BCUT2D eigenvalue weighted by Crippen LogP contribution is -2.10. The molecule has 0 N–H and O–H groups in total. The average molecular weight is 539 g/mol. The first-order valence-corrected chi connectivity index (χ1v) is 15.0. The van der Waals surface area contributed by atoms with Crippen LogP contribution >= 0.6 is 17.2 Å². The maximum Gasteiger partial charge on any atom is 0.135 e. The van der Waals surface area contributed by atoms with Crippen LogP contribution in [0, 0.1) is 0 Å². The largest absolute Gasteiger partial charge is 0.456 e. The van der Waals surface area contributed by atoms with Gasteiger partial charge in [-0.15, -0.1) is 0 Å². The van der Waals surface area contributed by atoms with Crippen LogP contribution in [0.5, 0.6) is 11.5 Å². The smallest absolute Gasteiger partial charge is 0.135 e. The summed E-state index contributed by atoms with van der Waals surface area (Å²) in [6.45, 7) is 0. The summed E-state index contributed by atoms with van der Waals surface area (Å²) < 4.78 is 6.59. The SMILES string of the molecule is c1ccc(-c2ccc(Pc3ccccc3Oc3ccccc3Pc3ccc(-c4ccccc4)cc3)cc2)cc1. The van der Waals surface area contributed by atoms with E-state index in [1.54, 1.807) is 0 Å². The van der Waals surface area contributed by atoms with E-state index in [-0.39, 0.29) is 0 Å². The highest BCUT2D eigenvalue weighted by molar-refractivity contribution is 7.56. The van der Waals surface area contributed by atoms with Gasteiger partial charge in [-0.25, -0.2) is 0 Å². The third-order valence-electron chi connectivity index (χ3n) is 6.54. The van der Waals surface area contributed by atoms with E-state index in [1.165, 1.54) is 43.5 Å². The van der Waals surface area contributed by atoms with Crippen LogP contribution < -0.4 is 26.0 Å². The number of rotatable bonds is 8. The maximum atomic E-state index is 6.59. The summed E-state index contributed by atoms with van der Waals surface area (Å²) in [5, 5.41) is 4.99. The Hall–Kier alpha value is -4.02. The van der Waals surface area contributed by atoms with Gasteiger partial charge in [0.25, 0.3) is 0 Å². The maximum absolute atomic E-state index is 6.59. The first-order valence-electron chi connectivity index (χ1n) is 13.0. The summed E-state index contributed by atoms with van der Waals surface area (Å²) in [5.41, 5.74) is 4.95. The third-order valence-corrected chi connectivity index (χ3v) is 9.14. The van der Waals surface area contributed by atoms with E-state index in [2.05, 4.69) is 158 Å². The molecule has 0 saturated carbocycles. The first kappa shape index (κ1) is 25.3. The highest BCUT2D eigenvalue weighted by Crippen LogP contribution is 2.28. The zero-order chi connectivity index (χ0) is 26.3. The zero-order valence-corrected chi connectivity index (χ0v) is 23.4. The normalized spacial score (nSPS) is 11.4. The molecule has 188 valence electrons. The van der Waals surface area contributed by atoms with Gasteiger partial charge in [-0.3, -0.25) is 0 Å². The highest BCUT2D eigenvalue weighted by Gasteiger charge is 2.10. The molecule has 3 heteroatoms. The summed E-state index contributed by atoms with van der Waals surface area (Å²) in [6, 6.07) is 55.6. The molecule has 39 heavy (non-hydrogen) atoms. The van der Waals surface area contributed by atoms with Crippen molar-refractivity contribution in [3.05, 3.63) is 158 Å². The second-order valence-electron chi connectivity index (χ2n) is 9.23. The van der Waals surface area contributed by atoms with Gasteiger partial charge in [-0.2, -0.15) is 0 Å². The Morgan fingerprint density at radius 1 is 0.308 bits per heavy atom. The highest BCUT2D eigenvalue weighted by atomic mass is 31.1. The molecule has 0 fully saturated rings. The minimum atomic E-state index is 0.513. The Kier molecular flexibility index (Phi) is 7.92. The van der Waals surface area contributed by atoms with Gasteiger partial charge in [0.05, 0.1) is 0 Å². The molecule has 0 aromatic heterocycles. The second kappa shape index (κ2) is 12.2. The predicted octanol–water partition coefficient (Wildman–Crippen LogP) is 8.07. The van der Waals surface area contributed by atoms with E-state index in [4.69, 9.17) is 4.74 Å². The van der Waals surface area contributed by atoms with Crippen LogP contribution in [0.1, 0.15) is 0 Å². The molecule has 1 nitrogen and oxygen atoms in total. The van der Waals surface area contributed by atoms with Crippen molar-refractivity contribution in [2.75, 3.05) is 0 Å². The molecule has 0 heterocycles. The van der Waals surface area contributed by atoms with Crippen molar-refractivity contribution >= 4 is 38.4 Å². The van der Waals surface area contributed by atoms with E-state index >= 15 is 0 Å². The van der Waals surface area contributed by atoms with E-state index < -0.39 is 0 Å². The minimum absolute atomic E-state index is 0.513. The Morgan fingerprint density at radius 3 is 1.05 bits per heavy atom. The Morgan fingerprint density at radius 2 is 0.641 bits per heavy atom. The monoisotopic (exact) mass is 538 g/mol. The van der Waals surface area contributed by atoms with Gasteiger partial charge in [0.2, 0.25) is 0 Å². The number of hydrogen-bond donors (Lipinski definition) is 0. The fourth-order valence-electron chi connectivity index (χ4n) is 4.50. The zero-order valence-electron chi connectivity index (χ0n) is 21.4. The molecule has 0 radical (unpaired) electrons. The Labute approximate surface area is 234 Å². The van der Waals surface area contributed by atoms with Crippen molar-refractivity contribution in [3.63, 3.8) is 0 Å². The average Bonchev–Trinajstić information content (AvgIpc) is 3.01. The minimum Gasteiger partial charge on any atom is -0.456 e. The Balaban J connectivity index is 1.19. The van der Waals surface area contributed by atoms with Gasteiger partial charge in [-0.1, -0.05) is 163 Å². The number of para-hydroxylation sites is 2. The summed E-state index contributed by atoms with van der Waals surface area (Å²) in [7, 11) is 1.03. The molecule has 6 aromatic carbocycles. The number of ether oxygens (including phenoxy) is 1. The van der Waals surface area contributed by atoms with Gasteiger partial charge in [0, 0.05) is 10.6 Å². The molecule has 6 rings (SSSR count). The molecule has 0 saturated heterocycles. The topological polar surface area (TPSA) is 9.23 Å². The van der Waals surface area contributed by atoms with Crippen molar-refractivity contribution in [1.29, 1.82) is 0 Å². The lowest BCUT2D eigenvalue weighted by Gasteiger charge is -2.15. The van der Waals surface area contributed by atoms with Crippen molar-refractivity contribution in [3.8, 4) is 33.8 Å². The standard InChI is InChI=1S/C36H28OP2/c1-3-11-27(12-4-1)29-19-23-31(24-20-29)38-35-17-9-7-15-33(35)37-34-16-8-10-18-36(34)39-32-25-21-30(22-26-32)28-13-5-2-6-14-28/h1-26,38-39H. The summed E-state index contributed by atoms with van der Waals surface area (Å²) in [6.07, 6.45) is 0. The van der Waals surface area contributed by atoms with Crippen LogP contribution in [0.15, 0.2) is 158 Å². The van der Waals surface area contributed by atoms with Crippen LogP contribution in [0.25, 0.3) is 22.3 Å². The summed E-state index contributed by atoms with van der Waals surface area (Å²) >= 11 is 0. The van der Waals surface area contributed by atoms with Crippen LogP contribution in [0.2, 0.25) is 0 Å². The number of benzene rings is 6. The van der Waals surface area contributed by atoms with Gasteiger partial charge >= 0.3 is 0 Å². The van der Waals surface area contributed by atoms with Crippen molar-refractivity contribution < 1.29 is 4.74 Å². The van der Waals surface area contributed by atoms with Crippen LogP contribution in [0.3, 0.4) is 0 Å². The molecule has 0 spiro atoms. The van der Waals surface area contributed by atoms with Crippen molar-refractivity contribution in [1.82, 2.24) is 0 Å². The predicted molar refractivity (Wildman–Crippen MR) is 172 cm³/mol. The van der Waals surface area contributed by atoms with Crippen LogP contribution in [0.4, 0.5) is 0 Å². The molecular weight excluding hydrogens is 510 g/mol. The lowest BCUT2D eigenvalue weighted by atomic mass is 10.1. The van der Waals surface area contributed by atoms with E-state index in [1.807, 2.05) is 0 Å². The molecule has 2 atom stereocenters. The lowest BCUT2D eigenvalue weighted by molar-refractivity contribution is 0.491. The van der Waals surface area contributed by atoms with Crippen molar-refractivity contribution in [2.24, 2.45) is 0 Å². The van der Waals surface area contributed by atoms with Gasteiger partial charge < -0.3 is 4.74 Å². The summed E-state index contributed by atoms with van der Waals surface area (Å²) in [4.78, 5) is 0. The van der Waals surface area contributed by atoms with Crippen LogP contribution in [-0.4, -0.2) is 0 Å². The van der Waals surface area contributed by atoms with E-state index in [0.717, 1.165) is 11.5 Å². The quantitative estimate of drug-likeness (QED) is 0.178. The molecule has 0 amide bonds. The van der Waals surface area contributed by atoms with Crippen molar-refractivity contribution in [2.45, 2.75) is 0 Å². The molecule has 2 unspecified atom stereocenters. The van der Waals surface area contributed by atoms with E-state index in [9.17, 15) is 0 Å². The molecule has 0 aliphatic carbocycles. The van der Waals surface area contributed by atoms with Gasteiger partial charge in [0.1, 0.15) is 11.5 Å². The fraction of sp³-hybridized carbons (Fsp3) is 0. The Bertz CT molecular complexity index is 1520. The van der Waals surface area contributed by atoms with Crippen LogP contribution in [-0.2, 0) is 0 Å². The second-order valence-corrected chi connectivity index (χ2v) is 12.0. The molecule has 0 aliphatic rings.